The molecule has 0 aliphatic carbocycles. The Bertz CT molecular complexity index is 628. The highest BCUT2D eigenvalue weighted by Gasteiger charge is 2.23. The normalized spacial score (nSPS) is 18.4. The molecule has 0 saturated carbocycles. The van der Waals surface area contributed by atoms with Gasteiger partial charge >= 0.3 is 0 Å². The zero-order chi connectivity index (χ0) is 15.4. The second kappa shape index (κ2) is 6.96. The van der Waals surface area contributed by atoms with Gasteiger partial charge in [0.05, 0.1) is 5.75 Å². The predicted molar refractivity (Wildman–Crippen MR) is 87.6 cm³/mol. The Morgan fingerprint density at radius 3 is 2.95 bits per heavy atom. The molecule has 0 radical (unpaired) electrons. The van der Waals surface area contributed by atoms with Crippen LogP contribution in [-0.4, -0.2) is 44.3 Å². The number of likely N-dealkylation sites (tertiary alicyclic amines) is 1. The smallest absolute Gasteiger partial charge is 0.233 e. The van der Waals surface area contributed by atoms with E-state index in [1.54, 1.807) is 0 Å². The SMILES string of the molecule is C[C@H]1CCCCN1C(=O)CSc1n[nH]c(-c2ccccc2)n1. The first-order chi connectivity index (χ1) is 10.7. The first-order valence-corrected chi connectivity index (χ1v) is 8.62. The van der Waals surface area contributed by atoms with Crippen molar-refractivity contribution in [3.8, 4) is 11.4 Å². The summed E-state index contributed by atoms with van der Waals surface area (Å²) in [5.41, 5.74) is 0.998. The monoisotopic (exact) mass is 316 g/mol. The number of nitrogens with one attached hydrogen (secondary N) is 1. The van der Waals surface area contributed by atoms with Gasteiger partial charge in [0.2, 0.25) is 11.1 Å². The highest BCUT2D eigenvalue weighted by atomic mass is 32.2. The van der Waals surface area contributed by atoms with E-state index in [0.29, 0.717) is 17.0 Å². The van der Waals surface area contributed by atoms with Crippen molar-refractivity contribution in [1.82, 2.24) is 20.1 Å². The molecule has 0 bridgehead atoms. The fraction of sp³-hybridized carbons (Fsp3) is 0.438. The van der Waals surface area contributed by atoms with Gasteiger partial charge in [-0.25, -0.2) is 4.98 Å². The standard InChI is InChI=1S/C16H20N4OS/c1-12-7-5-6-10-20(12)14(21)11-22-16-17-15(18-19-16)13-8-3-2-4-9-13/h2-4,8-9,12H,5-7,10-11H2,1H3,(H,17,18,19)/t12-/m0/s1. The van der Waals surface area contributed by atoms with Gasteiger partial charge in [-0.15, -0.1) is 5.10 Å². The van der Waals surface area contributed by atoms with Crippen molar-refractivity contribution >= 4 is 17.7 Å². The molecular formula is C16H20N4OS. The minimum atomic E-state index is 0.184. The van der Waals surface area contributed by atoms with E-state index in [1.807, 2.05) is 35.2 Å². The largest absolute Gasteiger partial charge is 0.339 e. The topological polar surface area (TPSA) is 61.9 Å². The van der Waals surface area contributed by atoms with E-state index in [1.165, 1.54) is 18.2 Å². The maximum absolute atomic E-state index is 12.3. The fourth-order valence-corrected chi connectivity index (χ4v) is 3.40. The number of thioether (sulfide) groups is 1. The van der Waals surface area contributed by atoms with Crippen LogP contribution >= 0.6 is 11.8 Å². The van der Waals surface area contributed by atoms with Gasteiger partial charge in [-0.05, 0) is 26.2 Å². The number of carbonyl (C=O) groups is 1. The van der Waals surface area contributed by atoms with Crippen molar-refractivity contribution in [2.75, 3.05) is 12.3 Å². The van der Waals surface area contributed by atoms with Gasteiger partial charge in [-0.3, -0.25) is 9.89 Å². The molecule has 2 heterocycles. The molecule has 1 fully saturated rings. The van der Waals surface area contributed by atoms with Gasteiger partial charge in [0, 0.05) is 18.2 Å². The number of hydrogen-bond donors (Lipinski definition) is 1. The minimum absolute atomic E-state index is 0.184. The Labute approximate surface area is 134 Å². The Kier molecular flexibility index (Phi) is 4.77. The number of rotatable bonds is 4. The van der Waals surface area contributed by atoms with Gasteiger partial charge < -0.3 is 4.90 Å². The van der Waals surface area contributed by atoms with Crippen molar-refractivity contribution < 1.29 is 4.79 Å². The lowest BCUT2D eigenvalue weighted by atomic mass is 10.0. The number of H-pyrrole nitrogens is 1. The molecule has 6 heteroatoms. The van der Waals surface area contributed by atoms with Gasteiger partial charge in [0.15, 0.2) is 5.82 Å². The van der Waals surface area contributed by atoms with E-state index in [2.05, 4.69) is 22.1 Å². The molecule has 1 amide bonds. The summed E-state index contributed by atoms with van der Waals surface area (Å²) >= 11 is 1.40. The summed E-state index contributed by atoms with van der Waals surface area (Å²) in [6.07, 6.45) is 3.44. The van der Waals surface area contributed by atoms with E-state index < -0.39 is 0 Å². The maximum atomic E-state index is 12.3. The first-order valence-electron chi connectivity index (χ1n) is 7.64. The molecule has 1 aromatic carbocycles. The Balaban J connectivity index is 1.58. The molecule has 1 aliphatic rings. The van der Waals surface area contributed by atoms with Crippen molar-refractivity contribution in [1.29, 1.82) is 0 Å². The maximum Gasteiger partial charge on any atom is 0.233 e. The summed E-state index contributed by atoms with van der Waals surface area (Å²) in [5.74, 6) is 1.32. The molecule has 5 nitrogen and oxygen atoms in total. The van der Waals surface area contributed by atoms with Crippen LogP contribution in [-0.2, 0) is 4.79 Å². The number of nitrogens with zero attached hydrogens (tertiary/aromatic N) is 3. The Morgan fingerprint density at radius 2 is 2.18 bits per heavy atom. The van der Waals surface area contributed by atoms with Gasteiger partial charge in [0.25, 0.3) is 0 Å². The second-order valence-electron chi connectivity index (χ2n) is 5.55. The number of carbonyl (C=O) groups excluding carboxylic acids is 1. The molecule has 1 aromatic heterocycles. The van der Waals surface area contributed by atoms with Gasteiger partial charge in [-0.2, -0.15) is 0 Å². The third-order valence-electron chi connectivity index (χ3n) is 3.96. The van der Waals surface area contributed by atoms with Crippen molar-refractivity contribution in [2.24, 2.45) is 0 Å². The number of aromatic nitrogens is 3. The quantitative estimate of drug-likeness (QED) is 0.881. The number of hydrogen-bond acceptors (Lipinski definition) is 4. The lowest BCUT2D eigenvalue weighted by molar-refractivity contribution is -0.131. The summed E-state index contributed by atoms with van der Waals surface area (Å²) in [6, 6.07) is 10.2. The summed E-state index contributed by atoms with van der Waals surface area (Å²) < 4.78 is 0. The summed E-state index contributed by atoms with van der Waals surface area (Å²) in [7, 11) is 0. The van der Waals surface area contributed by atoms with Crippen molar-refractivity contribution in [3.63, 3.8) is 0 Å². The number of benzene rings is 1. The zero-order valence-electron chi connectivity index (χ0n) is 12.7. The van der Waals surface area contributed by atoms with Crippen LogP contribution in [0.2, 0.25) is 0 Å². The van der Waals surface area contributed by atoms with Crippen molar-refractivity contribution in [2.45, 2.75) is 37.4 Å². The third kappa shape index (κ3) is 3.50. The zero-order valence-corrected chi connectivity index (χ0v) is 13.5. The molecule has 1 N–H and O–H groups in total. The van der Waals surface area contributed by atoms with Gasteiger partial charge in [0.1, 0.15) is 0 Å². The van der Waals surface area contributed by atoms with Crippen LogP contribution in [0.3, 0.4) is 0 Å². The molecule has 3 rings (SSSR count). The number of aromatic amines is 1. The molecular weight excluding hydrogens is 296 g/mol. The molecule has 0 spiro atoms. The first kappa shape index (κ1) is 15.1. The van der Waals surface area contributed by atoms with Crippen LogP contribution in [0.5, 0.6) is 0 Å². The van der Waals surface area contributed by atoms with Gasteiger partial charge in [-0.1, -0.05) is 42.1 Å². The minimum Gasteiger partial charge on any atom is -0.339 e. The number of amides is 1. The van der Waals surface area contributed by atoms with Crippen LogP contribution < -0.4 is 0 Å². The van der Waals surface area contributed by atoms with Crippen LogP contribution in [0.25, 0.3) is 11.4 Å². The average Bonchev–Trinajstić information content (AvgIpc) is 3.03. The van der Waals surface area contributed by atoms with E-state index in [-0.39, 0.29) is 5.91 Å². The van der Waals surface area contributed by atoms with E-state index in [9.17, 15) is 4.79 Å². The number of piperidine rings is 1. The second-order valence-corrected chi connectivity index (χ2v) is 6.50. The molecule has 1 atom stereocenters. The van der Waals surface area contributed by atoms with Crippen LogP contribution in [0.1, 0.15) is 26.2 Å². The third-order valence-corrected chi connectivity index (χ3v) is 4.79. The molecule has 1 aliphatic heterocycles. The van der Waals surface area contributed by atoms with E-state index in [4.69, 9.17) is 0 Å². The highest BCUT2D eigenvalue weighted by molar-refractivity contribution is 7.99. The summed E-state index contributed by atoms with van der Waals surface area (Å²) in [6.45, 7) is 3.01. The molecule has 0 unspecified atom stereocenters. The summed E-state index contributed by atoms with van der Waals surface area (Å²) in [4.78, 5) is 18.7. The average molecular weight is 316 g/mol. The molecule has 116 valence electrons. The van der Waals surface area contributed by atoms with Crippen LogP contribution in [0.4, 0.5) is 0 Å². The van der Waals surface area contributed by atoms with E-state index >= 15 is 0 Å². The Hall–Kier alpha value is -1.82. The lowest BCUT2D eigenvalue weighted by Crippen LogP contribution is -2.42. The predicted octanol–water partition coefficient (Wildman–Crippen LogP) is 2.96. The Morgan fingerprint density at radius 1 is 1.36 bits per heavy atom. The molecule has 1 saturated heterocycles. The fourth-order valence-electron chi connectivity index (χ4n) is 2.71. The van der Waals surface area contributed by atoms with Crippen LogP contribution in [0.15, 0.2) is 35.5 Å². The van der Waals surface area contributed by atoms with Crippen molar-refractivity contribution in [3.05, 3.63) is 30.3 Å². The van der Waals surface area contributed by atoms with Crippen LogP contribution in [0, 0.1) is 0 Å². The highest BCUT2D eigenvalue weighted by Crippen LogP contribution is 2.21. The van der Waals surface area contributed by atoms with E-state index in [0.717, 1.165) is 30.8 Å². The molecule has 2 aromatic rings. The summed E-state index contributed by atoms with van der Waals surface area (Å²) in [5, 5.41) is 7.73. The lowest BCUT2D eigenvalue weighted by Gasteiger charge is -2.33. The molecule has 22 heavy (non-hydrogen) atoms.